The molecule has 1 aromatic heterocycles. The summed E-state index contributed by atoms with van der Waals surface area (Å²) in [5.41, 5.74) is 2.10. The van der Waals surface area contributed by atoms with Crippen LogP contribution < -0.4 is 0 Å². The molecule has 1 aromatic carbocycles. The van der Waals surface area contributed by atoms with E-state index in [1.165, 1.54) is 5.56 Å². The first-order valence-corrected chi connectivity index (χ1v) is 6.06. The van der Waals surface area contributed by atoms with Gasteiger partial charge in [0.1, 0.15) is 0 Å². The predicted molar refractivity (Wildman–Crippen MR) is 71.7 cm³/mol. The van der Waals surface area contributed by atoms with Crippen molar-refractivity contribution in [1.82, 2.24) is 9.55 Å². The molecule has 3 heteroatoms. The Morgan fingerprint density at radius 1 is 1.22 bits per heavy atom. The van der Waals surface area contributed by atoms with Crippen molar-refractivity contribution in [1.29, 1.82) is 0 Å². The Morgan fingerprint density at radius 3 is 2.39 bits per heavy atom. The van der Waals surface area contributed by atoms with Gasteiger partial charge in [-0.3, -0.25) is 4.79 Å². The van der Waals surface area contributed by atoms with Crippen LogP contribution in [0.3, 0.4) is 0 Å². The van der Waals surface area contributed by atoms with Crippen molar-refractivity contribution in [3.63, 3.8) is 0 Å². The average Bonchev–Trinajstić information content (AvgIpc) is 2.81. The van der Waals surface area contributed by atoms with Crippen LogP contribution in [0.5, 0.6) is 0 Å². The topological polar surface area (TPSA) is 34.9 Å². The number of aromatic nitrogens is 2. The second-order valence-electron chi connectivity index (χ2n) is 5.49. The molecule has 0 saturated carbocycles. The van der Waals surface area contributed by atoms with Crippen LogP contribution in [0, 0.1) is 0 Å². The SMILES string of the molecule is CC(C)(C)c1ccc(C(=O)Cn2ccnc2)cc1. The van der Waals surface area contributed by atoms with Gasteiger partial charge in [-0.1, -0.05) is 45.0 Å². The highest BCUT2D eigenvalue weighted by Gasteiger charge is 2.14. The zero-order valence-corrected chi connectivity index (χ0v) is 11.1. The standard InChI is InChI=1S/C15H18N2O/c1-15(2,3)13-6-4-12(5-7-13)14(18)10-17-9-8-16-11-17/h4-9,11H,10H2,1-3H3. The summed E-state index contributed by atoms with van der Waals surface area (Å²) in [6.07, 6.45) is 5.12. The molecule has 0 fully saturated rings. The molecule has 0 N–H and O–H groups in total. The van der Waals surface area contributed by atoms with E-state index in [4.69, 9.17) is 0 Å². The number of nitrogens with zero attached hydrogens (tertiary/aromatic N) is 2. The van der Waals surface area contributed by atoms with E-state index in [0.29, 0.717) is 6.54 Å². The van der Waals surface area contributed by atoms with Crippen molar-refractivity contribution in [3.8, 4) is 0 Å². The quantitative estimate of drug-likeness (QED) is 0.775. The fourth-order valence-electron chi connectivity index (χ4n) is 1.79. The maximum absolute atomic E-state index is 12.0. The van der Waals surface area contributed by atoms with Gasteiger partial charge in [0.2, 0.25) is 0 Å². The molecule has 2 aromatic rings. The lowest BCUT2D eigenvalue weighted by atomic mass is 9.86. The van der Waals surface area contributed by atoms with Crippen molar-refractivity contribution >= 4 is 5.78 Å². The molecule has 0 aliphatic carbocycles. The molecule has 0 radical (unpaired) electrons. The smallest absolute Gasteiger partial charge is 0.182 e. The summed E-state index contributed by atoms with van der Waals surface area (Å²) >= 11 is 0. The summed E-state index contributed by atoms with van der Waals surface area (Å²) in [7, 11) is 0. The summed E-state index contributed by atoms with van der Waals surface area (Å²) in [6.45, 7) is 6.83. The minimum atomic E-state index is 0.105. The lowest BCUT2D eigenvalue weighted by molar-refractivity contribution is 0.0972. The van der Waals surface area contributed by atoms with E-state index in [1.807, 2.05) is 24.3 Å². The maximum Gasteiger partial charge on any atom is 0.182 e. The Labute approximate surface area is 107 Å². The molecule has 0 aliphatic rings. The van der Waals surface area contributed by atoms with Crippen LogP contribution in [0.2, 0.25) is 0 Å². The zero-order valence-electron chi connectivity index (χ0n) is 11.1. The molecule has 0 bridgehead atoms. The third-order valence-corrected chi connectivity index (χ3v) is 2.96. The number of benzene rings is 1. The van der Waals surface area contributed by atoms with Gasteiger partial charge >= 0.3 is 0 Å². The highest BCUT2D eigenvalue weighted by molar-refractivity contribution is 5.95. The first-order chi connectivity index (χ1) is 8.47. The van der Waals surface area contributed by atoms with E-state index in [-0.39, 0.29) is 11.2 Å². The number of Topliss-reactive ketones (excluding diaryl/α,β-unsaturated/α-hetero) is 1. The van der Waals surface area contributed by atoms with Crippen molar-refractivity contribution < 1.29 is 4.79 Å². The normalized spacial score (nSPS) is 11.5. The number of imidazole rings is 1. The summed E-state index contributed by atoms with van der Waals surface area (Å²) in [5, 5.41) is 0. The van der Waals surface area contributed by atoms with E-state index in [2.05, 4.69) is 25.8 Å². The molecule has 0 unspecified atom stereocenters. The second-order valence-corrected chi connectivity index (χ2v) is 5.49. The van der Waals surface area contributed by atoms with Crippen LogP contribution in [-0.4, -0.2) is 15.3 Å². The predicted octanol–water partition coefficient (Wildman–Crippen LogP) is 3.06. The van der Waals surface area contributed by atoms with Gasteiger partial charge in [-0.25, -0.2) is 4.98 Å². The van der Waals surface area contributed by atoms with Gasteiger partial charge in [0.25, 0.3) is 0 Å². The highest BCUT2D eigenvalue weighted by atomic mass is 16.1. The largest absolute Gasteiger partial charge is 0.330 e. The van der Waals surface area contributed by atoms with E-state index < -0.39 is 0 Å². The maximum atomic E-state index is 12.0. The first kappa shape index (κ1) is 12.6. The minimum Gasteiger partial charge on any atom is -0.330 e. The Morgan fingerprint density at radius 2 is 1.89 bits per heavy atom. The second kappa shape index (κ2) is 4.77. The summed E-state index contributed by atoms with van der Waals surface area (Å²) < 4.78 is 1.78. The molecular formula is C15H18N2O. The monoisotopic (exact) mass is 242 g/mol. The molecule has 0 spiro atoms. The van der Waals surface area contributed by atoms with Gasteiger partial charge in [0.05, 0.1) is 12.9 Å². The Kier molecular flexibility index (Phi) is 3.32. The molecular weight excluding hydrogens is 224 g/mol. The molecule has 1 heterocycles. The van der Waals surface area contributed by atoms with Crippen LogP contribution >= 0.6 is 0 Å². The average molecular weight is 242 g/mol. The fraction of sp³-hybridized carbons (Fsp3) is 0.333. The number of carbonyl (C=O) groups excluding carboxylic acids is 1. The molecule has 2 rings (SSSR count). The van der Waals surface area contributed by atoms with Crippen molar-refractivity contribution in [2.45, 2.75) is 32.7 Å². The highest BCUT2D eigenvalue weighted by Crippen LogP contribution is 2.22. The van der Waals surface area contributed by atoms with Crippen LogP contribution in [0.1, 0.15) is 36.7 Å². The van der Waals surface area contributed by atoms with Crippen molar-refractivity contribution in [2.75, 3.05) is 0 Å². The molecule has 94 valence electrons. The number of hydrogen-bond acceptors (Lipinski definition) is 2. The van der Waals surface area contributed by atoms with Gasteiger partial charge < -0.3 is 4.57 Å². The fourth-order valence-corrected chi connectivity index (χ4v) is 1.79. The van der Waals surface area contributed by atoms with E-state index in [0.717, 1.165) is 5.56 Å². The van der Waals surface area contributed by atoms with Gasteiger partial charge in [-0.05, 0) is 11.0 Å². The summed E-state index contributed by atoms with van der Waals surface area (Å²) in [6, 6.07) is 7.86. The number of ketones is 1. The lowest BCUT2D eigenvalue weighted by Crippen LogP contribution is -2.12. The van der Waals surface area contributed by atoms with E-state index in [9.17, 15) is 4.79 Å². The van der Waals surface area contributed by atoms with E-state index in [1.54, 1.807) is 23.3 Å². The summed E-state index contributed by atoms with van der Waals surface area (Å²) in [5.74, 6) is 0.105. The Bertz CT molecular complexity index is 519. The molecule has 0 atom stereocenters. The Hall–Kier alpha value is -1.90. The van der Waals surface area contributed by atoms with Crippen LogP contribution in [0.25, 0.3) is 0 Å². The van der Waals surface area contributed by atoms with Crippen molar-refractivity contribution in [3.05, 3.63) is 54.1 Å². The lowest BCUT2D eigenvalue weighted by Gasteiger charge is -2.19. The van der Waals surface area contributed by atoms with Crippen LogP contribution in [0.15, 0.2) is 43.0 Å². The summed E-state index contributed by atoms with van der Waals surface area (Å²) in [4.78, 5) is 16.0. The first-order valence-electron chi connectivity index (χ1n) is 6.06. The molecule has 3 nitrogen and oxygen atoms in total. The van der Waals surface area contributed by atoms with Crippen LogP contribution in [-0.2, 0) is 12.0 Å². The number of rotatable bonds is 3. The molecule has 0 aliphatic heterocycles. The molecule has 0 saturated heterocycles. The van der Waals surface area contributed by atoms with Gasteiger partial charge in [-0.2, -0.15) is 0 Å². The minimum absolute atomic E-state index is 0.105. The number of carbonyl (C=O) groups is 1. The third-order valence-electron chi connectivity index (χ3n) is 2.96. The molecule has 18 heavy (non-hydrogen) atoms. The van der Waals surface area contributed by atoms with Crippen molar-refractivity contribution in [2.24, 2.45) is 0 Å². The molecule has 0 amide bonds. The van der Waals surface area contributed by atoms with E-state index >= 15 is 0 Å². The van der Waals surface area contributed by atoms with Gasteiger partial charge in [-0.15, -0.1) is 0 Å². The zero-order chi connectivity index (χ0) is 13.2. The third kappa shape index (κ3) is 2.86. The Balaban J connectivity index is 2.12. The number of hydrogen-bond donors (Lipinski definition) is 0. The van der Waals surface area contributed by atoms with Gasteiger partial charge in [0, 0.05) is 18.0 Å². The van der Waals surface area contributed by atoms with Crippen LogP contribution in [0.4, 0.5) is 0 Å². The van der Waals surface area contributed by atoms with Gasteiger partial charge in [0.15, 0.2) is 5.78 Å².